The minimum absolute atomic E-state index is 0.0263. The minimum atomic E-state index is -0.0263. The molecule has 92 valence electrons. The second-order valence-electron chi connectivity index (χ2n) is 5.54. The summed E-state index contributed by atoms with van der Waals surface area (Å²) >= 11 is 0. The number of hydrogen-bond donors (Lipinski definition) is 2. The second-order valence-corrected chi connectivity index (χ2v) is 5.54. The third-order valence-corrected chi connectivity index (χ3v) is 3.90. The van der Waals surface area contributed by atoms with Crippen LogP contribution in [0, 0.1) is 5.92 Å². The van der Waals surface area contributed by atoms with E-state index in [2.05, 4.69) is 17.6 Å². The highest BCUT2D eigenvalue weighted by molar-refractivity contribution is 5.81. The summed E-state index contributed by atoms with van der Waals surface area (Å²) in [5, 5.41) is 6.55. The molecule has 16 heavy (non-hydrogen) atoms. The van der Waals surface area contributed by atoms with Gasteiger partial charge in [0.15, 0.2) is 0 Å². The molecule has 1 amide bonds. The van der Waals surface area contributed by atoms with Crippen LogP contribution in [0.5, 0.6) is 0 Å². The molecule has 0 spiro atoms. The number of carbonyl (C=O) groups excluding carboxylic acids is 1. The van der Waals surface area contributed by atoms with E-state index in [-0.39, 0.29) is 11.9 Å². The average molecular weight is 224 g/mol. The van der Waals surface area contributed by atoms with Gasteiger partial charge in [-0.3, -0.25) is 4.79 Å². The second kappa shape index (κ2) is 5.17. The van der Waals surface area contributed by atoms with E-state index in [1.54, 1.807) is 0 Å². The summed E-state index contributed by atoms with van der Waals surface area (Å²) in [4.78, 5) is 11.9. The fourth-order valence-electron chi connectivity index (χ4n) is 2.52. The van der Waals surface area contributed by atoms with Crippen LogP contribution in [-0.2, 0) is 4.79 Å². The number of hydrogen-bond acceptors (Lipinski definition) is 2. The van der Waals surface area contributed by atoms with E-state index in [9.17, 15) is 4.79 Å². The summed E-state index contributed by atoms with van der Waals surface area (Å²) in [6.45, 7) is 4.23. The summed E-state index contributed by atoms with van der Waals surface area (Å²) in [7, 11) is 0. The number of carbonyl (C=O) groups is 1. The van der Waals surface area contributed by atoms with Crippen LogP contribution >= 0.6 is 0 Å². The summed E-state index contributed by atoms with van der Waals surface area (Å²) in [6.07, 6.45) is 7.47. The topological polar surface area (TPSA) is 41.1 Å². The summed E-state index contributed by atoms with van der Waals surface area (Å²) in [6, 6.07) is 0.982. The average Bonchev–Trinajstić information content (AvgIpc) is 3.05. The molecule has 0 aromatic heterocycles. The third-order valence-electron chi connectivity index (χ3n) is 3.90. The number of amides is 1. The lowest BCUT2D eigenvalue weighted by atomic mass is 9.86. The van der Waals surface area contributed by atoms with Crippen LogP contribution in [0.4, 0.5) is 0 Å². The van der Waals surface area contributed by atoms with Crippen LogP contribution in [0.1, 0.15) is 52.4 Å². The SMILES string of the molecule is CC(NC1CC1)C(=O)NC1CCCCC1C. The van der Waals surface area contributed by atoms with Crippen LogP contribution in [0.3, 0.4) is 0 Å². The van der Waals surface area contributed by atoms with Crippen molar-refractivity contribution in [1.29, 1.82) is 0 Å². The molecule has 3 atom stereocenters. The highest BCUT2D eigenvalue weighted by atomic mass is 16.2. The van der Waals surface area contributed by atoms with E-state index in [0.717, 1.165) is 6.42 Å². The molecule has 0 heterocycles. The van der Waals surface area contributed by atoms with Crippen molar-refractivity contribution < 1.29 is 4.79 Å². The van der Waals surface area contributed by atoms with Crippen molar-refractivity contribution in [2.24, 2.45) is 5.92 Å². The van der Waals surface area contributed by atoms with E-state index >= 15 is 0 Å². The lowest BCUT2D eigenvalue weighted by molar-refractivity contribution is -0.124. The highest BCUT2D eigenvalue weighted by Gasteiger charge is 2.28. The third kappa shape index (κ3) is 3.21. The quantitative estimate of drug-likeness (QED) is 0.765. The Morgan fingerprint density at radius 1 is 1.19 bits per heavy atom. The van der Waals surface area contributed by atoms with Gasteiger partial charge in [-0.15, -0.1) is 0 Å². The van der Waals surface area contributed by atoms with Crippen LogP contribution < -0.4 is 10.6 Å². The maximum atomic E-state index is 11.9. The van der Waals surface area contributed by atoms with Crippen molar-refractivity contribution in [3.05, 3.63) is 0 Å². The summed E-state index contributed by atoms with van der Waals surface area (Å²) in [5.74, 6) is 0.830. The maximum absolute atomic E-state index is 11.9. The van der Waals surface area contributed by atoms with E-state index in [4.69, 9.17) is 0 Å². The number of nitrogens with one attached hydrogen (secondary N) is 2. The zero-order chi connectivity index (χ0) is 11.5. The predicted molar refractivity (Wildman–Crippen MR) is 65.2 cm³/mol. The first-order chi connectivity index (χ1) is 7.66. The molecule has 0 radical (unpaired) electrons. The van der Waals surface area contributed by atoms with Gasteiger partial charge < -0.3 is 10.6 Å². The number of rotatable bonds is 4. The van der Waals surface area contributed by atoms with Crippen LogP contribution in [0.15, 0.2) is 0 Å². The first kappa shape index (κ1) is 11.9. The lowest BCUT2D eigenvalue weighted by Crippen LogP contribution is -2.49. The van der Waals surface area contributed by atoms with Crippen molar-refractivity contribution in [3.63, 3.8) is 0 Å². The van der Waals surface area contributed by atoms with Gasteiger partial charge in [-0.25, -0.2) is 0 Å². The molecule has 0 aromatic carbocycles. The Balaban J connectivity index is 1.75. The van der Waals surface area contributed by atoms with Crippen molar-refractivity contribution in [1.82, 2.24) is 10.6 Å². The van der Waals surface area contributed by atoms with Crippen molar-refractivity contribution >= 4 is 5.91 Å². The lowest BCUT2D eigenvalue weighted by Gasteiger charge is -2.30. The first-order valence-electron chi connectivity index (χ1n) is 6.73. The molecule has 3 unspecified atom stereocenters. The Labute approximate surface area is 98.4 Å². The normalized spacial score (nSPS) is 32.1. The van der Waals surface area contributed by atoms with Gasteiger partial charge in [0.05, 0.1) is 6.04 Å². The van der Waals surface area contributed by atoms with Crippen LogP contribution in [0.2, 0.25) is 0 Å². The fourth-order valence-corrected chi connectivity index (χ4v) is 2.52. The van der Waals surface area contributed by atoms with Crippen LogP contribution in [0.25, 0.3) is 0 Å². The van der Waals surface area contributed by atoms with Gasteiger partial charge in [0.25, 0.3) is 0 Å². The van der Waals surface area contributed by atoms with Crippen molar-refractivity contribution in [2.45, 2.75) is 70.5 Å². The molecule has 2 aliphatic carbocycles. The Bertz CT molecular complexity index is 250. The summed E-state index contributed by atoms with van der Waals surface area (Å²) in [5.41, 5.74) is 0. The molecule has 3 heteroatoms. The molecular formula is C13H24N2O. The van der Waals surface area contributed by atoms with Gasteiger partial charge in [-0.2, -0.15) is 0 Å². The Hall–Kier alpha value is -0.570. The molecule has 2 N–H and O–H groups in total. The maximum Gasteiger partial charge on any atom is 0.237 e. The van der Waals surface area contributed by atoms with Gasteiger partial charge >= 0.3 is 0 Å². The van der Waals surface area contributed by atoms with E-state index in [1.165, 1.54) is 32.1 Å². The van der Waals surface area contributed by atoms with Crippen LogP contribution in [-0.4, -0.2) is 24.0 Å². The Kier molecular flexibility index (Phi) is 3.85. The molecule has 2 fully saturated rings. The van der Waals surface area contributed by atoms with E-state index in [0.29, 0.717) is 18.0 Å². The smallest absolute Gasteiger partial charge is 0.237 e. The largest absolute Gasteiger partial charge is 0.352 e. The molecule has 2 aliphatic rings. The molecule has 3 nitrogen and oxygen atoms in total. The molecule has 0 aliphatic heterocycles. The molecule has 0 saturated heterocycles. The zero-order valence-corrected chi connectivity index (χ0v) is 10.5. The van der Waals surface area contributed by atoms with Gasteiger partial charge in [-0.1, -0.05) is 19.8 Å². The Morgan fingerprint density at radius 2 is 1.88 bits per heavy atom. The fraction of sp³-hybridized carbons (Fsp3) is 0.923. The molecule has 2 saturated carbocycles. The monoisotopic (exact) mass is 224 g/mol. The first-order valence-corrected chi connectivity index (χ1v) is 6.73. The predicted octanol–water partition coefficient (Wildman–Crippen LogP) is 1.82. The van der Waals surface area contributed by atoms with E-state index < -0.39 is 0 Å². The van der Waals surface area contributed by atoms with Gasteiger partial charge in [-0.05, 0) is 38.5 Å². The zero-order valence-electron chi connectivity index (χ0n) is 10.5. The standard InChI is InChI=1S/C13H24N2O/c1-9-5-3-4-6-12(9)15-13(16)10(2)14-11-7-8-11/h9-12,14H,3-8H2,1-2H3,(H,15,16). The minimum Gasteiger partial charge on any atom is -0.352 e. The molecule has 2 rings (SSSR count). The van der Waals surface area contributed by atoms with Crippen molar-refractivity contribution in [3.8, 4) is 0 Å². The highest BCUT2D eigenvalue weighted by Crippen LogP contribution is 2.24. The van der Waals surface area contributed by atoms with Gasteiger partial charge in [0.2, 0.25) is 5.91 Å². The Morgan fingerprint density at radius 3 is 2.50 bits per heavy atom. The molecular weight excluding hydrogens is 200 g/mol. The van der Waals surface area contributed by atoms with Gasteiger partial charge in [0.1, 0.15) is 0 Å². The van der Waals surface area contributed by atoms with Gasteiger partial charge in [0, 0.05) is 12.1 Å². The molecule has 0 bridgehead atoms. The van der Waals surface area contributed by atoms with Crippen molar-refractivity contribution in [2.75, 3.05) is 0 Å². The summed E-state index contributed by atoms with van der Waals surface area (Å²) < 4.78 is 0. The van der Waals surface area contributed by atoms with E-state index in [1.807, 2.05) is 6.92 Å². The molecule has 0 aromatic rings.